The van der Waals surface area contributed by atoms with E-state index in [2.05, 4.69) is 24.3 Å². The smallest absolute Gasteiger partial charge is 0.305 e. The van der Waals surface area contributed by atoms with Crippen molar-refractivity contribution in [2.75, 3.05) is 26.4 Å². The summed E-state index contributed by atoms with van der Waals surface area (Å²) >= 11 is 0. The van der Waals surface area contributed by atoms with Crippen molar-refractivity contribution in [2.24, 2.45) is 0 Å². The molecule has 0 saturated carbocycles. The molecule has 7 nitrogen and oxygen atoms in total. The van der Waals surface area contributed by atoms with Crippen LogP contribution in [0.4, 0.5) is 0 Å². The van der Waals surface area contributed by atoms with Crippen LogP contribution in [0.1, 0.15) is 25.3 Å². The van der Waals surface area contributed by atoms with E-state index in [-0.39, 0.29) is 24.9 Å². The Hall–Kier alpha value is -4.57. The van der Waals surface area contributed by atoms with Gasteiger partial charge in [-0.3, -0.25) is 4.79 Å². The lowest BCUT2D eigenvalue weighted by Gasteiger charge is -2.19. The molecule has 1 aliphatic heterocycles. The Morgan fingerprint density at radius 3 is 2.57 bits per heavy atom. The molecule has 0 amide bonds. The minimum atomic E-state index is -0.276. The van der Waals surface area contributed by atoms with Crippen molar-refractivity contribution in [2.45, 2.75) is 19.8 Å². The summed E-state index contributed by atoms with van der Waals surface area (Å²) in [6.07, 6.45) is 0.681. The molecule has 2 heterocycles. The molecule has 37 heavy (non-hydrogen) atoms. The number of nitrogens with zero attached hydrogens (tertiary/aromatic N) is 2. The third-order valence-electron chi connectivity index (χ3n) is 6.07. The molecule has 0 saturated heterocycles. The first-order chi connectivity index (χ1) is 18.2. The number of fused-ring (bicyclic) bond motifs is 2. The third-order valence-corrected chi connectivity index (χ3v) is 6.07. The van der Waals surface area contributed by atoms with Gasteiger partial charge in [-0.2, -0.15) is 5.26 Å². The standard InChI is InChI=1S/C30H26N2O5/c1-2-34-29(33)8-5-13-37-30-25(19-31)24(22-11-12-27-28(17-22)36-15-14-35-27)18-26(32-30)23-10-9-20-6-3-4-7-21(20)16-23/h3-4,6-7,9-12,16-18H,2,5,8,13-15H2,1H3. The monoisotopic (exact) mass is 494 g/mol. The minimum absolute atomic E-state index is 0.224. The average Bonchev–Trinajstić information content (AvgIpc) is 2.94. The molecule has 0 spiro atoms. The first-order valence-corrected chi connectivity index (χ1v) is 12.3. The highest BCUT2D eigenvalue weighted by Gasteiger charge is 2.20. The average molecular weight is 495 g/mol. The number of carbonyl (C=O) groups excluding carboxylic acids is 1. The van der Waals surface area contributed by atoms with Gasteiger partial charge in [-0.15, -0.1) is 0 Å². The number of ether oxygens (including phenoxy) is 4. The Morgan fingerprint density at radius 1 is 0.973 bits per heavy atom. The summed E-state index contributed by atoms with van der Waals surface area (Å²) in [5, 5.41) is 12.3. The Balaban J connectivity index is 1.55. The summed E-state index contributed by atoms with van der Waals surface area (Å²) in [6.45, 7) is 3.31. The molecular formula is C30H26N2O5. The van der Waals surface area contributed by atoms with Gasteiger partial charge in [0.05, 0.1) is 18.9 Å². The molecule has 0 atom stereocenters. The molecule has 186 valence electrons. The maximum absolute atomic E-state index is 11.7. The number of hydrogen-bond donors (Lipinski definition) is 0. The molecule has 1 aromatic heterocycles. The van der Waals surface area contributed by atoms with Crippen LogP contribution in [0.15, 0.2) is 66.7 Å². The summed E-state index contributed by atoms with van der Waals surface area (Å²) in [5.74, 6) is 1.25. The second-order valence-corrected chi connectivity index (χ2v) is 8.52. The van der Waals surface area contributed by atoms with Crippen LogP contribution < -0.4 is 14.2 Å². The normalized spacial score (nSPS) is 12.1. The van der Waals surface area contributed by atoms with E-state index in [1.54, 1.807) is 6.92 Å². The second kappa shape index (κ2) is 11.0. The molecule has 4 aromatic rings. The van der Waals surface area contributed by atoms with Gasteiger partial charge in [0.25, 0.3) is 0 Å². The van der Waals surface area contributed by atoms with Gasteiger partial charge in [-0.25, -0.2) is 4.98 Å². The van der Waals surface area contributed by atoms with Crippen LogP contribution in [0.25, 0.3) is 33.2 Å². The molecule has 5 rings (SSSR count). The first-order valence-electron chi connectivity index (χ1n) is 12.3. The van der Waals surface area contributed by atoms with Crippen LogP contribution in [0.5, 0.6) is 17.4 Å². The van der Waals surface area contributed by atoms with E-state index in [1.807, 2.05) is 48.5 Å². The van der Waals surface area contributed by atoms with Crippen molar-refractivity contribution < 1.29 is 23.7 Å². The number of rotatable bonds is 8. The topological polar surface area (TPSA) is 90.7 Å². The number of carbonyl (C=O) groups is 1. The van der Waals surface area contributed by atoms with E-state index in [4.69, 9.17) is 23.9 Å². The Morgan fingerprint density at radius 2 is 1.76 bits per heavy atom. The van der Waals surface area contributed by atoms with Gasteiger partial charge in [0.15, 0.2) is 11.5 Å². The molecule has 1 aliphatic rings. The lowest BCUT2D eigenvalue weighted by atomic mass is 9.97. The van der Waals surface area contributed by atoms with Crippen molar-refractivity contribution in [1.82, 2.24) is 4.98 Å². The van der Waals surface area contributed by atoms with Gasteiger partial charge in [0, 0.05) is 17.5 Å². The second-order valence-electron chi connectivity index (χ2n) is 8.52. The van der Waals surface area contributed by atoms with Crippen LogP contribution in [0, 0.1) is 11.3 Å². The maximum Gasteiger partial charge on any atom is 0.305 e. The Bertz CT molecular complexity index is 1490. The fourth-order valence-corrected chi connectivity index (χ4v) is 4.29. The Labute approximate surface area is 215 Å². The van der Waals surface area contributed by atoms with Crippen LogP contribution in [-0.4, -0.2) is 37.4 Å². The van der Waals surface area contributed by atoms with Crippen molar-refractivity contribution in [3.63, 3.8) is 0 Å². The van der Waals surface area contributed by atoms with Gasteiger partial charge >= 0.3 is 5.97 Å². The number of nitriles is 1. The van der Waals surface area contributed by atoms with Gasteiger partial charge < -0.3 is 18.9 Å². The van der Waals surface area contributed by atoms with Gasteiger partial charge in [-0.05, 0) is 53.9 Å². The maximum atomic E-state index is 11.7. The van der Waals surface area contributed by atoms with Crippen molar-refractivity contribution >= 4 is 16.7 Å². The number of pyridine rings is 1. The van der Waals surface area contributed by atoms with Crippen LogP contribution in [0.2, 0.25) is 0 Å². The fraction of sp³-hybridized carbons (Fsp3) is 0.233. The molecule has 0 fully saturated rings. The predicted molar refractivity (Wildman–Crippen MR) is 140 cm³/mol. The third kappa shape index (κ3) is 5.34. The highest BCUT2D eigenvalue weighted by molar-refractivity contribution is 5.88. The Kier molecular flexibility index (Phi) is 7.18. The summed E-state index contributed by atoms with van der Waals surface area (Å²) < 4.78 is 22.4. The first kappa shape index (κ1) is 24.1. The van der Waals surface area contributed by atoms with E-state index in [0.29, 0.717) is 54.6 Å². The van der Waals surface area contributed by atoms with E-state index in [9.17, 15) is 10.1 Å². The van der Waals surface area contributed by atoms with Crippen LogP contribution >= 0.6 is 0 Å². The lowest BCUT2D eigenvalue weighted by molar-refractivity contribution is -0.143. The summed E-state index contributed by atoms with van der Waals surface area (Å²) in [4.78, 5) is 16.4. The molecule has 0 aliphatic carbocycles. The molecule has 3 aromatic carbocycles. The van der Waals surface area contributed by atoms with E-state index >= 15 is 0 Å². The highest BCUT2D eigenvalue weighted by atomic mass is 16.6. The number of esters is 1. The zero-order valence-electron chi connectivity index (χ0n) is 20.5. The largest absolute Gasteiger partial charge is 0.486 e. The summed E-state index contributed by atoms with van der Waals surface area (Å²) in [6, 6.07) is 24.0. The summed E-state index contributed by atoms with van der Waals surface area (Å²) in [5.41, 5.74) is 3.37. The molecule has 7 heteroatoms. The number of hydrogen-bond acceptors (Lipinski definition) is 7. The van der Waals surface area contributed by atoms with Crippen LogP contribution in [0.3, 0.4) is 0 Å². The molecule has 0 N–H and O–H groups in total. The molecule has 0 bridgehead atoms. The van der Waals surface area contributed by atoms with E-state index in [0.717, 1.165) is 21.9 Å². The number of aromatic nitrogens is 1. The highest BCUT2D eigenvalue weighted by Crippen LogP contribution is 2.39. The predicted octanol–water partition coefficient (Wildman–Crippen LogP) is 5.93. The van der Waals surface area contributed by atoms with Gasteiger partial charge in [-0.1, -0.05) is 42.5 Å². The van der Waals surface area contributed by atoms with Crippen molar-refractivity contribution in [1.29, 1.82) is 5.26 Å². The van der Waals surface area contributed by atoms with Gasteiger partial charge in [0.1, 0.15) is 24.8 Å². The quantitative estimate of drug-likeness (QED) is 0.221. The van der Waals surface area contributed by atoms with Crippen molar-refractivity contribution in [3.05, 3.63) is 72.3 Å². The lowest BCUT2D eigenvalue weighted by Crippen LogP contribution is -2.15. The molecular weight excluding hydrogens is 468 g/mol. The molecule has 0 unspecified atom stereocenters. The van der Waals surface area contributed by atoms with Crippen molar-refractivity contribution in [3.8, 4) is 45.8 Å². The zero-order chi connectivity index (χ0) is 25.6. The van der Waals surface area contributed by atoms with Crippen LogP contribution in [-0.2, 0) is 9.53 Å². The van der Waals surface area contributed by atoms with Gasteiger partial charge in [0.2, 0.25) is 5.88 Å². The van der Waals surface area contributed by atoms with E-state index < -0.39 is 0 Å². The van der Waals surface area contributed by atoms with E-state index in [1.165, 1.54) is 0 Å². The summed E-state index contributed by atoms with van der Waals surface area (Å²) in [7, 11) is 0. The number of benzene rings is 3. The zero-order valence-corrected chi connectivity index (χ0v) is 20.5. The minimum Gasteiger partial charge on any atom is -0.486 e. The fourth-order valence-electron chi connectivity index (χ4n) is 4.29. The molecule has 0 radical (unpaired) electrons. The SMILES string of the molecule is CCOC(=O)CCCOc1nc(-c2ccc3ccccc3c2)cc(-c2ccc3c(c2)OCCO3)c1C#N.